The number of hydrogen-bond donors (Lipinski definition) is 0. The summed E-state index contributed by atoms with van der Waals surface area (Å²) in [6.45, 7) is 0.345. The lowest BCUT2D eigenvalue weighted by Crippen LogP contribution is -2.23. The molecule has 0 fully saturated rings. The third-order valence-corrected chi connectivity index (χ3v) is 7.25. The van der Waals surface area contributed by atoms with Crippen molar-refractivity contribution in [3.05, 3.63) is 102 Å². The Morgan fingerprint density at radius 3 is 2.45 bits per heavy atom. The Bertz CT molecular complexity index is 1600. The predicted molar refractivity (Wildman–Crippen MR) is 134 cm³/mol. The van der Waals surface area contributed by atoms with Crippen LogP contribution in [0, 0.1) is 3.95 Å². The molecule has 0 aliphatic carbocycles. The second-order valence-electron chi connectivity index (χ2n) is 7.02. The van der Waals surface area contributed by atoms with Crippen LogP contribution in [-0.4, -0.2) is 8.97 Å². The SMILES string of the molecule is O=c1c2ccccc2n2c(=S)sc(-c3ccc(Cl)cc3Cl)c2n1Cc1cccc(Cl)c1. The maximum atomic E-state index is 13.6. The van der Waals surface area contributed by atoms with Gasteiger partial charge in [0.1, 0.15) is 5.65 Å². The van der Waals surface area contributed by atoms with Gasteiger partial charge in [-0.2, -0.15) is 0 Å². The first-order valence-corrected chi connectivity index (χ1v) is 11.7. The molecule has 0 spiro atoms. The molecule has 0 saturated carbocycles. The summed E-state index contributed by atoms with van der Waals surface area (Å²) in [4.78, 5) is 14.4. The number of thiazole rings is 1. The molecule has 0 N–H and O–H groups in total. The largest absolute Gasteiger partial charge is 0.288 e. The van der Waals surface area contributed by atoms with E-state index < -0.39 is 0 Å². The first-order valence-electron chi connectivity index (χ1n) is 9.31. The molecule has 31 heavy (non-hydrogen) atoms. The van der Waals surface area contributed by atoms with Gasteiger partial charge in [-0.3, -0.25) is 13.8 Å². The van der Waals surface area contributed by atoms with Crippen LogP contribution in [-0.2, 0) is 6.54 Å². The number of aromatic nitrogens is 2. The fraction of sp³-hybridized carbons (Fsp3) is 0.0435. The molecule has 0 bridgehead atoms. The molecule has 0 aliphatic heterocycles. The van der Waals surface area contributed by atoms with Gasteiger partial charge in [-0.05, 0) is 54.2 Å². The lowest BCUT2D eigenvalue weighted by molar-refractivity contribution is 0.781. The number of hydrogen-bond acceptors (Lipinski definition) is 3. The smallest absolute Gasteiger partial charge is 0.261 e. The molecular formula is C23H13Cl3N2OS2. The Balaban J connectivity index is 1.92. The zero-order chi connectivity index (χ0) is 21.7. The van der Waals surface area contributed by atoms with Gasteiger partial charge in [0.25, 0.3) is 5.56 Å². The number of halogens is 3. The van der Waals surface area contributed by atoms with Crippen molar-refractivity contribution >= 4 is 74.9 Å². The van der Waals surface area contributed by atoms with Gasteiger partial charge >= 0.3 is 0 Å². The summed E-state index contributed by atoms with van der Waals surface area (Å²) >= 11 is 26.0. The Morgan fingerprint density at radius 2 is 1.68 bits per heavy atom. The number of benzene rings is 3. The maximum absolute atomic E-state index is 13.6. The number of rotatable bonds is 3. The molecule has 0 amide bonds. The molecule has 8 heteroatoms. The first kappa shape index (κ1) is 20.7. The van der Waals surface area contributed by atoms with Gasteiger partial charge in [0.15, 0.2) is 3.95 Å². The highest BCUT2D eigenvalue weighted by Gasteiger charge is 2.20. The minimum absolute atomic E-state index is 0.102. The average molecular weight is 504 g/mol. The van der Waals surface area contributed by atoms with Crippen LogP contribution < -0.4 is 5.56 Å². The Morgan fingerprint density at radius 1 is 0.903 bits per heavy atom. The lowest BCUT2D eigenvalue weighted by Gasteiger charge is -2.14. The Kier molecular flexibility index (Phi) is 5.40. The Hall–Kier alpha value is -2.15. The molecule has 0 saturated heterocycles. The zero-order valence-corrected chi connectivity index (χ0v) is 19.7. The summed E-state index contributed by atoms with van der Waals surface area (Å²) in [5, 5.41) is 2.26. The topological polar surface area (TPSA) is 26.4 Å². The highest BCUT2D eigenvalue weighted by Crippen LogP contribution is 2.38. The fourth-order valence-corrected chi connectivity index (χ4v) is 5.97. The van der Waals surface area contributed by atoms with Gasteiger partial charge in [-0.15, -0.1) is 11.3 Å². The number of fused-ring (bicyclic) bond motifs is 3. The summed E-state index contributed by atoms with van der Waals surface area (Å²) in [6.07, 6.45) is 0. The van der Waals surface area contributed by atoms with E-state index in [2.05, 4.69) is 0 Å². The van der Waals surface area contributed by atoms with Crippen molar-refractivity contribution in [3.8, 4) is 10.4 Å². The van der Waals surface area contributed by atoms with Gasteiger partial charge in [0, 0.05) is 15.6 Å². The van der Waals surface area contributed by atoms with Crippen molar-refractivity contribution in [2.75, 3.05) is 0 Å². The molecule has 0 aliphatic rings. The van der Waals surface area contributed by atoms with E-state index in [1.54, 1.807) is 16.7 Å². The fourth-order valence-electron chi connectivity index (χ4n) is 3.73. The van der Waals surface area contributed by atoms with E-state index in [1.807, 2.05) is 59.0 Å². The summed E-state index contributed by atoms with van der Waals surface area (Å²) in [7, 11) is 0. The van der Waals surface area contributed by atoms with Gasteiger partial charge < -0.3 is 0 Å². The monoisotopic (exact) mass is 502 g/mol. The van der Waals surface area contributed by atoms with Crippen molar-refractivity contribution in [3.63, 3.8) is 0 Å². The van der Waals surface area contributed by atoms with Crippen LogP contribution in [0.2, 0.25) is 15.1 Å². The second-order valence-corrected chi connectivity index (χ2v) is 9.94. The van der Waals surface area contributed by atoms with Gasteiger partial charge in [-0.25, -0.2) is 0 Å². The van der Waals surface area contributed by atoms with Gasteiger partial charge in [-0.1, -0.05) is 65.1 Å². The van der Waals surface area contributed by atoms with Crippen LogP contribution in [0.4, 0.5) is 0 Å². The van der Waals surface area contributed by atoms with E-state index in [0.29, 0.717) is 36.6 Å². The summed E-state index contributed by atoms with van der Waals surface area (Å²) in [5.41, 5.74) is 3.05. The van der Waals surface area contributed by atoms with Crippen molar-refractivity contribution in [2.45, 2.75) is 6.54 Å². The molecule has 3 nitrogen and oxygen atoms in total. The lowest BCUT2D eigenvalue weighted by atomic mass is 10.1. The highest BCUT2D eigenvalue weighted by atomic mass is 35.5. The van der Waals surface area contributed by atoms with Crippen LogP contribution in [0.15, 0.2) is 71.5 Å². The van der Waals surface area contributed by atoms with Crippen molar-refractivity contribution < 1.29 is 0 Å². The summed E-state index contributed by atoms with van der Waals surface area (Å²) < 4.78 is 4.31. The van der Waals surface area contributed by atoms with E-state index in [1.165, 1.54) is 11.3 Å². The van der Waals surface area contributed by atoms with Crippen LogP contribution in [0.25, 0.3) is 27.0 Å². The van der Waals surface area contributed by atoms with E-state index in [-0.39, 0.29) is 5.56 Å². The predicted octanol–water partition coefficient (Wildman–Crippen LogP) is 7.72. The molecular weight excluding hydrogens is 491 g/mol. The molecule has 0 radical (unpaired) electrons. The van der Waals surface area contributed by atoms with Gasteiger partial charge in [0.2, 0.25) is 0 Å². The van der Waals surface area contributed by atoms with Crippen molar-refractivity contribution in [1.82, 2.24) is 8.97 Å². The van der Waals surface area contributed by atoms with Crippen molar-refractivity contribution in [2.24, 2.45) is 0 Å². The molecule has 2 heterocycles. The maximum Gasteiger partial charge on any atom is 0.261 e. The van der Waals surface area contributed by atoms with E-state index in [4.69, 9.17) is 47.0 Å². The molecule has 3 aromatic carbocycles. The first-order chi connectivity index (χ1) is 14.9. The minimum Gasteiger partial charge on any atom is -0.288 e. The number of para-hydroxylation sites is 1. The van der Waals surface area contributed by atoms with E-state index in [9.17, 15) is 4.79 Å². The van der Waals surface area contributed by atoms with Gasteiger partial charge in [0.05, 0.1) is 27.3 Å². The normalized spacial score (nSPS) is 11.5. The summed E-state index contributed by atoms with van der Waals surface area (Å²) in [5.74, 6) is 0. The third kappa shape index (κ3) is 3.60. The number of nitrogens with zero attached hydrogens (tertiary/aromatic N) is 2. The average Bonchev–Trinajstić information content (AvgIpc) is 3.08. The minimum atomic E-state index is -0.102. The quantitative estimate of drug-likeness (QED) is 0.236. The molecule has 0 atom stereocenters. The molecule has 0 unspecified atom stereocenters. The van der Waals surface area contributed by atoms with Crippen molar-refractivity contribution in [1.29, 1.82) is 0 Å². The Labute approximate surface area is 201 Å². The van der Waals surface area contributed by atoms with Crippen LogP contribution in [0.3, 0.4) is 0 Å². The zero-order valence-electron chi connectivity index (χ0n) is 15.8. The molecule has 2 aromatic heterocycles. The van der Waals surface area contributed by atoms with Crippen LogP contribution >= 0.6 is 58.4 Å². The third-order valence-electron chi connectivity index (χ3n) is 5.07. The highest BCUT2D eigenvalue weighted by molar-refractivity contribution is 7.73. The second kappa shape index (κ2) is 8.08. The van der Waals surface area contributed by atoms with Crippen LogP contribution in [0.1, 0.15) is 5.56 Å². The standard InChI is InChI=1S/C23H13Cl3N2OS2/c24-14-5-3-4-13(10-14)12-27-21-20(16-9-8-15(25)11-18(16)26)31-23(30)28(21)19-7-2-1-6-17(19)22(27)29/h1-11H,12H2. The van der Waals surface area contributed by atoms with Crippen LogP contribution in [0.5, 0.6) is 0 Å². The molecule has 5 aromatic rings. The van der Waals surface area contributed by atoms with E-state index >= 15 is 0 Å². The summed E-state index contributed by atoms with van der Waals surface area (Å²) in [6, 6.07) is 20.3. The van der Waals surface area contributed by atoms with E-state index in [0.717, 1.165) is 21.5 Å². The molecule has 5 rings (SSSR count). The molecule has 154 valence electrons.